The van der Waals surface area contributed by atoms with E-state index in [1.807, 2.05) is 36.6 Å². The standard InChI is InChI=1S/C14H18N4O4.C12H14N2O3/c1-9(17-18-14(20)5-4-13(19)16-15)10-2-3-11-12(8-10)22-7-6-21-11;1-8(13-14-9(2)15)10-3-4-11-12(7-10)17-6-5-16-11/h2-3,8H,4-7,15H2,1H3,(H,16,19)(H,18,20);3-4,7H,5-6H2,1-2H3,(H,14,15)/b17-9+;13-8+. The van der Waals surface area contributed by atoms with Crippen molar-refractivity contribution in [2.45, 2.75) is 33.6 Å². The maximum atomic E-state index is 11.5. The normalized spacial score (nSPS) is 13.8. The van der Waals surface area contributed by atoms with Gasteiger partial charge >= 0.3 is 0 Å². The van der Waals surface area contributed by atoms with Crippen molar-refractivity contribution >= 4 is 29.1 Å². The third-order valence-corrected chi connectivity index (χ3v) is 5.39. The molecule has 2 aromatic rings. The minimum atomic E-state index is -0.400. The van der Waals surface area contributed by atoms with E-state index >= 15 is 0 Å². The molecule has 0 saturated heterocycles. The number of hydrazone groups is 2. The third kappa shape index (κ3) is 9.00. The molecule has 39 heavy (non-hydrogen) atoms. The first kappa shape index (κ1) is 28.9. The number of carbonyl (C=O) groups is 3. The lowest BCUT2D eigenvalue weighted by Gasteiger charge is -2.18. The molecule has 208 valence electrons. The highest BCUT2D eigenvalue weighted by atomic mass is 16.6. The number of hydrogen-bond donors (Lipinski definition) is 4. The molecule has 4 rings (SSSR count). The summed E-state index contributed by atoms with van der Waals surface area (Å²) in [6, 6.07) is 11.0. The molecule has 2 aliphatic rings. The average molecular weight is 541 g/mol. The van der Waals surface area contributed by atoms with Crippen LogP contribution in [0.3, 0.4) is 0 Å². The SMILES string of the molecule is C/C(=N\NC(=O)CCC(=O)NN)c1ccc2c(c1)OCCO2.CC(=O)N/N=C(\C)c1ccc2c(c1)OCCO2. The van der Waals surface area contributed by atoms with Crippen LogP contribution in [-0.2, 0) is 14.4 Å². The number of benzene rings is 2. The molecule has 0 atom stereocenters. The number of nitrogens with zero attached hydrogens (tertiary/aromatic N) is 2. The van der Waals surface area contributed by atoms with Gasteiger partial charge in [-0.1, -0.05) is 0 Å². The zero-order chi connectivity index (χ0) is 28.2. The van der Waals surface area contributed by atoms with E-state index in [1.54, 1.807) is 19.1 Å². The van der Waals surface area contributed by atoms with Crippen LogP contribution >= 0.6 is 0 Å². The zero-order valence-electron chi connectivity index (χ0n) is 22.0. The predicted molar refractivity (Wildman–Crippen MR) is 143 cm³/mol. The summed E-state index contributed by atoms with van der Waals surface area (Å²) in [5, 5.41) is 7.97. The van der Waals surface area contributed by atoms with Crippen LogP contribution in [0, 0.1) is 0 Å². The fourth-order valence-corrected chi connectivity index (χ4v) is 3.33. The van der Waals surface area contributed by atoms with Crippen molar-refractivity contribution < 1.29 is 33.3 Å². The summed E-state index contributed by atoms with van der Waals surface area (Å²) in [6.45, 7) is 7.17. The third-order valence-electron chi connectivity index (χ3n) is 5.39. The van der Waals surface area contributed by atoms with E-state index in [-0.39, 0.29) is 24.7 Å². The van der Waals surface area contributed by atoms with E-state index in [4.69, 9.17) is 24.8 Å². The maximum Gasteiger partial charge on any atom is 0.240 e. The first-order valence-electron chi connectivity index (χ1n) is 12.2. The van der Waals surface area contributed by atoms with E-state index in [0.717, 1.165) is 22.6 Å². The molecule has 0 spiro atoms. The number of ether oxygens (including phenoxy) is 4. The van der Waals surface area contributed by atoms with Crippen LogP contribution in [0.5, 0.6) is 23.0 Å². The average Bonchev–Trinajstić information content (AvgIpc) is 2.97. The van der Waals surface area contributed by atoms with Gasteiger partial charge in [0, 0.05) is 30.9 Å². The van der Waals surface area contributed by atoms with E-state index < -0.39 is 5.91 Å². The molecule has 0 saturated carbocycles. The van der Waals surface area contributed by atoms with Crippen LogP contribution in [0.1, 0.15) is 44.7 Å². The molecule has 2 heterocycles. The molecule has 0 fully saturated rings. The number of fused-ring (bicyclic) bond motifs is 2. The first-order chi connectivity index (χ1) is 18.8. The Balaban J connectivity index is 0.000000223. The molecular formula is C26H32N6O7. The zero-order valence-corrected chi connectivity index (χ0v) is 22.0. The summed E-state index contributed by atoms with van der Waals surface area (Å²) < 4.78 is 21.8. The number of hydrogen-bond acceptors (Lipinski definition) is 10. The molecule has 0 bridgehead atoms. The van der Waals surface area contributed by atoms with Gasteiger partial charge in [0.15, 0.2) is 23.0 Å². The molecule has 5 N–H and O–H groups in total. The molecule has 3 amide bonds. The second kappa shape index (κ2) is 14.3. The van der Waals surface area contributed by atoms with Crippen molar-refractivity contribution in [2.24, 2.45) is 16.0 Å². The van der Waals surface area contributed by atoms with Crippen LogP contribution in [0.2, 0.25) is 0 Å². The molecule has 0 radical (unpaired) electrons. The van der Waals surface area contributed by atoms with Crippen molar-refractivity contribution in [1.29, 1.82) is 0 Å². The van der Waals surface area contributed by atoms with Gasteiger partial charge in [-0.25, -0.2) is 16.7 Å². The maximum absolute atomic E-state index is 11.5. The van der Waals surface area contributed by atoms with Crippen molar-refractivity contribution in [1.82, 2.24) is 16.3 Å². The minimum Gasteiger partial charge on any atom is -0.486 e. The first-order valence-corrected chi connectivity index (χ1v) is 12.2. The molecule has 2 aliphatic heterocycles. The van der Waals surface area contributed by atoms with Crippen LogP contribution < -0.4 is 41.1 Å². The van der Waals surface area contributed by atoms with E-state index in [2.05, 4.69) is 21.1 Å². The van der Waals surface area contributed by atoms with Gasteiger partial charge < -0.3 is 18.9 Å². The molecule has 13 nitrogen and oxygen atoms in total. The number of nitrogens with one attached hydrogen (secondary N) is 3. The van der Waals surface area contributed by atoms with Crippen LogP contribution in [-0.4, -0.2) is 55.6 Å². The van der Waals surface area contributed by atoms with Gasteiger partial charge in [-0.05, 0) is 50.2 Å². The number of amides is 3. The van der Waals surface area contributed by atoms with Gasteiger partial charge in [-0.3, -0.25) is 19.8 Å². The number of carbonyl (C=O) groups excluding carboxylic acids is 3. The molecule has 13 heteroatoms. The Kier molecular flexibility index (Phi) is 10.6. The Hall–Kier alpha value is -4.65. The second-order valence-electron chi connectivity index (χ2n) is 8.38. The van der Waals surface area contributed by atoms with Gasteiger partial charge in [0.25, 0.3) is 0 Å². The summed E-state index contributed by atoms with van der Waals surface area (Å²) in [6.07, 6.45) is 0.0296. The van der Waals surface area contributed by atoms with Crippen LogP contribution in [0.25, 0.3) is 0 Å². The van der Waals surface area contributed by atoms with Gasteiger partial charge in [-0.15, -0.1) is 0 Å². The summed E-state index contributed by atoms with van der Waals surface area (Å²) in [5.74, 6) is 6.79. The Bertz CT molecular complexity index is 1260. The molecule has 0 aromatic heterocycles. The van der Waals surface area contributed by atoms with Gasteiger partial charge in [0.1, 0.15) is 26.4 Å². The smallest absolute Gasteiger partial charge is 0.240 e. The quantitative estimate of drug-likeness (QED) is 0.176. The lowest BCUT2D eigenvalue weighted by Crippen LogP contribution is -2.31. The summed E-state index contributed by atoms with van der Waals surface area (Å²) in [7, 11) is 0. The second-order valence-corrected chi connectivity index (χ2v) is 8.38. The van der Waals surface area contributed by atoms with Crippen molar-refractivity contribution in [2.75, 3.05) is 26.4 Å². The van der Waals surface area contributed by atoms with Gasteiger partial charge in [0.2, 0.25) is 17.7 Å². The molecule has 2 aromatic carbocycles. The minimum absolute atomic E-state index is 0.0148. The highest BCUT2D eigenvalue weighted by molar-refractivity contribution is 6.00. The lowest BCUT2D eigenvalue weighted by molar-refractivity contribution is -0.126. The van der Waals surface area contributed by atoms with Gasteiger partial charge in [0.05, 0.1) is 11.4 Å². The summed E-state index contributed by atoms with van der Waals surface area (Å²) in [4.78, 5) is 33.2. The summed E-state index contributed by atoms with van der Waals surface area (Å²) in [5.41, 5.74) is 9.80. The Morgan fingerprint density at radius 2 is 1.13 bits per heavy atom. The predicted octanol–water partition coefficient (Wildman–Crippen LogP) is 1.39. The fraction of sp³-hybridized carbons (Fsp3) is 0.346. The number of hydrazine groups is 1. The summed E-state index contributed by atoms with van der Waals surface area (Å²) >= 11 is 0. The number of nitrogens with two attached hydrogens (primary N) is 1. The van der Waals surface area contributed by atoms with Crippen LogP contribution in [0.4, 0.5) is 0 Å². The molecule has 0 unspecified atom stereocenters. The Morgan fingerprint density at radius 1 is 0.692 bits per heavy atom. The monoisotopic (exact) mass is 540 g/mol. The Labute approximate surface area is 225 Å². The van der Waals surface area contributed by atoms with Crippen molar-refractivity contribution in [3.63, 3.8) is 0 Å². The Morgan fingerprint density at radius 3 is 1.59 bits per heavy atom. The molecular weight excluding hydrogens is 508 g/mol. The fourth-order valence-electron chi connectivity index (χ4n) is 3.33. The van der Waals surface area contributed by atoms with Gasteiger partial charge in [-0.2, -0.15) is 10.2 Å². The van der Waals surface area contributed by atoms with E-state index in [0.29, 0.717) is 49.4 Å². The van der Waals surface area contributed by atoms with E-state index in [9.17, 15) is 14.4 Å². The lowest BCUT2D eigenvalue weighted by atomic mass is 10.1. The van der Waals surface area contributed by atoms with Crippen molar-refractivity contribution in [3.8, 4) is 23.0 Å². The van der Waals surface area contributed by atoms with Crippen molar-refractivity contribution in [3.05, 3.63) is 47.5 Å². The molecule has 0 aliphatic carbocycles. The highest BCUT2D eigenvalue weighted by Gasteiger charge is 2.14. The van der Waals surface area contributed by atoms with Crippen LogP contribution in [0.15, 0.2) is 46.6 Å². The topological polar surface area (TPSA) is 175 Å². The highest BCUT2D eigenvalue weighted by Crippen LogP contribution is 2.31. The van der Waals surface area contributed by atoms with E-state index in [1.165, 1.54) is 6.92 Å². The number of rotatable bonds is 7. The largest absolute Gasteiger partial charge is 0.486 e.